The summed E-state index contributed by atoms with van der Waals surface area (Å²) in [5.41, 5.74) is 2.59. The molecular weight excluding hydrogens is 306 g/mol. The van der Waals surface area contributed by atoms with Gasteiger partial charge in [0, 0.05) is 5.69 Å². The Labute approximate surface area is 120 Å². The predicted molar refractivity (Wildman–Crippen MR) is 80.2 cm³/mol. The van der Waals surface area contributed by atoms with Crippen LogP contribution in [-0.2, 0) is 4.79 Å². The van der Waals surface area contributed by atoms with Crippen LogP contribution >= 0.6 is 15.9 Å². The highest BCUT2D eigenvalue weighted by Gasteiger charge is 2.04. The van der Waals surface area contributed by atoms with Crippen LogP contribution < -0.4 is 10.6 Å². The summed E-state index contributed by atoms with van der Waals surface area (Å²) < 4.78 is 0.785. The van der Waals surface area contributed by atoms with Gasteiger partial charge in [-0.05, 0) is 46.6 Å². The fourth-order valence-electron chi connectivity index (χ4n) is 1.57. The van der Waals surface area contributed by atoms with E-state index in [1.54, 1.807) is 6.20 Å². The number of benzene rings is 1. The van der Waals surface area contributed by atoms with Crippen molar-refractivity contribution in [2.24, 2.45) is 0 Å². The van der Waals surface area contributed by atoms with E-state index < -0.39 is 0 Å². The number of nitrogens with zero attached hydrogens (tertiary/aromatic N) is 1. The fourth-order valence-corrected chi connectivity index (χ4v) is 1.79. The largest absolute Gasteiger partial charge is 0.376 e. The standard InChI is InChI=1S/C14H14BrN3O/c1-10-7-12(8-17-14(10)15)18-13(19)9-16-11-5-3-2-4-6-11/h2-8,16H,9H2,1H3,(H,18,19). The summed E-state index contributed by atoms with van der Waals surface area (Å²) in [6.07, 6.45) is 1.62. The molecule has 0 radical (unpaired) electrons. The van der Waals surface area contributed by atoms with Gasteiger partial charge in [-0.1, -0.05) is 18.2 Å². The van der Waals surface area contributed by atoms with E-state index in [4.69, 9.17) is 0 Å². The van der Waals surface area contributed by atoms with Crippen LogP contribution in [0, 0.1) is 6.92 Å². The molecule has 0 atom stereocenters. The third kappa shape index (κ3) is 4.06. The number of rotatable bonds is 4. The highest BCUT2D eigenvalue weighted by Crippen LogP contribution is 2.16. The van der Waals surface area contributed by atoms with E-state index in [0.717, 1.165) is 15.9 Å². The van der Waals surface area contributed by atoms with E-state index in [2.05, 4.69) is 31.5 Å². The number of amides is 1. The second-order valence-corrected chi connectivity index (χ2v) is 4.85. The van der Waals surface area contributed by atoms with Crippen LogP contribution in [0.2, 0.25) is 0 Å². The number of pyridine rings is 1. The maximum atomic E-state index is 11.8. The molecule has 0 fully saturated rings. The van der Waals surface area contributed by atoms with Crippen molar-refractivity contribution >= 4 is 33.2 Å². The molecule has 0 aliphatic heterocycles. The van der Waals surface area contributed by atoms with Crippen LogP contribution in [0.1, 0.15) is 5.56 Å². The summed E-state index contributed by atoms with van der Waals surface area (Å²) in [6, 6.07) is 11.5. The summed E-state index contributed by atoms with van der Waals surface area (Å²) in [5.74, 6) is -0.104. The Kier molecular flexibility index (Phi) is 4.52. The first kappa shape index (κ1) is 13.5. The third-order valence-corrected chi connectivity index (χ3v) is 3.36. The SMILES string of the molecule is Cc1cc(NC(=O)CNc2ccccc2)cnc1Br. The summed E-state index contributed by atoms with van der Waals surface area (Å²) in [6.45, 7) is 2.15. The van der Waals surface area contributed by atoms with E-state index in [-0.39, 0.29) is 12.5 Å². The highest BCUT2D eigenvalue weighted by molar-refractivity contribution is 9.10. The summed E-state index contributed by atoms with van der Waals surface area (Å²) in [5, 5.41) is 5.84. The number of nitrogens with one attached hydrogen (secondary N) is 2. The van der Waals surface area contributed by atoms with Gasteiger partial charge in [0.2, 0.25) is 5.91 Å². The van der Waals surface area contributed by atoms with Gasteiger partial charge in [0.15, 0.2) is 0 Å². The molecule has 1 heterocycles. The molecule has 19 heavy (non-hydrogen) atoms. The first-order valence-electron chi connectivity index (χ1n) is 5.86. The average molecular weight is 320 g/mol. The predicted octanol–water partition coefficient (Wildman–Crippen LogP) is 3.20. The van der Waals surface area contributed by atoms with Gasteiger partial charge < -0.3 is 10.6 Å². The first-order chi connectivity index (χ1) is 9.15. The molecule has 4 nitrogen and oxygen atoms in total. The van der Waals surface area contributed by atoms with Gasteiger partial charge in [-0.15, -0.1) is 0 Å². The number of aromatic nitrogens is 1. The minimum atomic E-state index is -0.104. The Morgan fingerprint density at radius 2 is 2.00 bits per heavy atom. The van der Waals surface area contributed by atoms with Crippen molar-refractivity contribution in [3.05, 3.63) is 52.8 Å². The van der Waals surface area contributed by atoms with Crippen molar-refractivity contribution in [1.29, 1.82) is 0 Å². The van der Waals surface area contributed by atoms with Gasteiger partial charge in [-0.2, -0.15) is 0 Å². The summed E-state index contributed by atoms with van der Waals surface area (Å²) in [4.78, 5) is 15.9. The van der Waals surface area contributed by atoms with E-state index in [1.165, 1.54) is 0 Å². The molecule has 0 saturated heterocycles. The molecule has 0 bridgehead atoms. The third-order valence-electron chi connectivity index (χ3n) is 2.53. The van der Waals surface area contributed by atoms with Crippen LogP contribution in [0.25, 0.3) is 0 Å². The molecule has 0 unspecified atom stereocenters. The Morgan fingerprint density at radius 1 is 1.26 bits per heavy atom. The fraction of sp³-hybridized carbons (Fsp3) is 0.143. The van der Waals surface area contributed by atoms with Gasteiger partial charge in [0.1, 0.15) is 4.60 Å². The molecular formula is C14H14BrN3O. The number of carbonyl (C=O) groups excluding carboxylic acids is 1. The Bertz CT molecular complexity index is 572. The summed E-state index contributed by atoms with van der Waals surface area (Å²) in [7, 11) is 0. The number of hydrogen-bond acceptors (Lipinski definition) is 3. The van der Waals surface area contributed by atoms with Gasteiger partial charge in [0.25, 0.3) is 0 Å². The van der Waals surface area contributed by atoms with E-state index >= 15 is 0 Å². The first-order valence-corrected chi connectivity index (χ1v) is 6.65. The van der Waals surface area contributed by atoms with Gasteiger partial charge in [-0.3, -0.25) is 4.79 Å². The second-order valence-electron chi connectivity index (χ2n) is 4.10. The number of anilines is 2. The van der Waals surface area contributed by atoms with Gasteiger partial charge in [0.05, 0.1) is 18.4 Å². The Balaban J connectivity index is 1.89. The van der Waals surface area contributed by atoms with Crippen molar-refractivity contribution in [3.63, 3.8) is 0 Å². The minimum absolute atomic E-state index is 0.104. The van der Waals surface area contributed by atoms with Crippen LogP contribution in [0.4, 0.5) is 11.4 Å². The number of aryl methyl sites for hydroxylation is 1. The zero-order valence-corrected chi connectivity index (χ0v) is 12.1. The maximum Gasteiger partial charge on any atom is 0.243 e. The van der Waals surface area contributed by atoms with Crippen LogP contribution in [0.15, 0.2) is 47.2 Å². The molecule has 0 aliphatic carbocycles. The lowest BCUT2D eigenvalue weighted by atomic mass is 10.3. The molecule has 98 valence electrons. The molecule has 2 rings (SSSR count). The van der Waals surface area contributed by atoms with E-state index in [9.17, 15) is 4.79 Å². The number of halogens is 1. The summed E-state index contributed by atoms with van der Waals surface area (Å²) >= 11 is 3.32. The lowest BCUT2D eigenvalue weighted by molar-refractivity contribution is -0.114. The molecule has 2 N–H and O–H groups in total. The number of para-hydroxylation sites is 1. The van der Waals surface area contributed by atoms with Crippen LogP contribution in [0.3, 0.4) is 0 Å². The molecule has 0 spiro atoms. The van der Waals surface area contributed by atoms with Crippen molar-refractivity contribution in [2.45, 2.75) is 6.92 Å². The molecule has 0 aliphatic rings. The Hall–Kier alpha value is -1.88. The maximum absolute atomic E-state index is 11.8. The lowest BCUT2D eigenvalue weighted by Crippen LogP contribution is -2.21. The quantitative estimate of drug-likeness (QED) is 0.851. The zero-order valence-electron chi connectivity index (χ0n) is 10.5. The highest BCUT2D eigenvalue weighted by atomic mass is 79.9. The van der Waals surface area contributed by atoms with Crippen molar-refractivity contribution in [1.82, 2.24) is 4.98 Å². The molecule has 1 amide bonds. The van der Waals surface area contributed by atoms with Crippen LogP contribution in [0.5, 0.6) is 0 Å². The molecule has 1 aromatic heterocycles. The van der Waals surface area contributed by atoms with Crippen LogP contribution in [-0.4, -0.2) is 17.4 Å². The second kappa shape index (κ2) is 6.33. The topological polar surface area (TPSA) is 54.0 Å². The zero-order chi connectivity index (χ0) is 13.7. The number of hydrogen-bond donors (Lipinski definition) is 2. The van der Waals surface area contributed by atoms with Crippen molar-refractivity contribution in [2.75, 3.05) is 17.2 Å². The molecule has 2 aromatic rings. The van der Waals surface area contributed by atoms with Gasteiger partial charge >= 0.3 is 0 Å². The van der Waals surface area contributed by atoms with Gasteiger partial charge in [-0.25, -0.2) is 4.98 Å². The molecule has 0 saturated carbocycles. The monoisotopic (exact) mass is 319 g/mol. The number of carbonyl (C=O) groups is 1. The molecule has 1 aromatic carbocycles. The lowest BCUT2D eigenvalue weighted by Gasteiger charge is -2.08. The van der Waals surface area contributed by atoms with Crippen molar-refractivity contribution < 1.29 is 4.79 Å². The smallest absolute Gasteiger partial charge is 0.243 e. The van der Waals surface area contributed by atoms with E-state index in [0.29, 0.717) is 5.69 Å². The van der Waals surface area contributed by atoms with Crippen molar-refractivity contribution in [3.8, 4) is 0 Å². The Morgan fingerprint density at radius 3 is 2.68 bits per heavy atom. The minimum Gasteiger partial charge on any atom is -0.376 e. The average Bonchev–Trinajstić information content (AvgIpc) is 2.42. The van der Waals surface area contributed by atoms with E-state index in [1.807, 2.05) is 43.3 Å². The molecule has 5 heteroatoms. The normalized spacial score (nSPS) is 10.0.